The molecule has 0 bridgehead atoms. The van der Waals surface area contributed by atoms with Crippen LogP contribution in [0.25, 0.3) is 0 Å². The Kier molecular flexibility index (Phi) is 3.86. The summed E-state index contributed by atoms with van der Waals surface area (Å²) in [6.07, 6.45) is 0. The van der Waals surface area contributed by atoms with Crippen LogP contribution in [0.4, 0.5) is 0 Å². The summed E-state index contributed by atoms with van der Waals surface area (Å²) in [5.74, 6) is -0.362. The maximum atomic E-state index is 11.7. The molecule has 0 aliphatic carbocycles. The van der Waals surface area contributed by atoms with Crippen molar-refractivity contribution in [1.29, 1.82) is 0 Å². The number of hydrogen-bond donors (Lipinski definition) is 0. The molecule has 0 heterocycles. The van der Waals surface area contributed by atoms with Crippen LogP contribution in [0.3, 0.4) is 0 Å². The average Bonchev–Trinajstić information content (AvgIpc) is 2.29. The zero-order valence-electron chi connectivity index (χ0n) is 9.32. The first-order valence-electron chi connectivity index (χ1n) is 4.93. The van der Waals surface area contributed by atoms with Crippen molar-refractivity contribution in [3.63, 3.8) is 0 Å². The third-order valence-corrected chi connectivity index (χ3v) is 2.40. The van der Waals surface area contributed by atoms with Gasteiger partial charge in [-0.05, 0) is 19.4 Å². The van der Waals surface area contributed by atoms with Gasteiger partial charge in [0.25, 0.3) is 0 Å². The summed E-state index contributed by atoms with van der Waals surface area (Å²) < 4.78 is 10.3. The van der Waals surface area contributed by atoms with Gasteiger partial charge in [-0.1, -0.05) is 30.3 Å². The quantitative estimate of drug-likeness (QED) is 0.711. The highest BCUT2D eigenvalue weighted by Gasteiger charge is 2.36. The van der Waals surface area contributed by atoms with E-state index < -0.39 is 5.60 Å². The van der Waals surface area contributed by atoms with Gasteiger partial charge in [0.15, 0.2) is 5.60 Å². The van der Waals surface area contributed by atoms with Gasteiger partial charge in [0, 0.05) is 7.11 Å². The van der Waals surface area contributed by atoms with E-state index in [0.717, 1.165) is 5.56 Å². The Morgan fingerprint density at radius 1 is 1.33 bits per heavy atom. The monoisotopic (exact) mass is 208 g/mol. The molecule has 1 atom stereocenters. The van der Waals surface area contributed by atoms with Crippen molar-refractivity contribution in [1.82, 2.24) is 0 Å². The van der Waals surface area contributed by atoms with Crippen molar-refractivity contribution in [2.45, 2.75) is 19.4 Å². The fourth-order valence-corrected chi connectivity index (χ4v) is 1.34. The second kappa shape index (κ2) is 4.94. The first-order chi connectivity index (χ1) is 7.15. The number of rotatable bonds is 4. The van der Waals surface area contributed by atoms with Gasteiger partial charge in [0.1, 0.15) is 0 Å². The van der Waals surface area contributed by atoms with Gasteiger partial charge in [0.2, 0.25) is 0 Å². The molecule has 0 spiro atoms. The third-order valence-electron chi connectivity index (χ3n) is 2.40. The second-order valence-corrected chi connectivity index (χ2v) is 3.32. The lowest BCUT2D eigenvalue weighted by Crippen LogP contribution is -2.36. The van der Waals surface area contributed by atoms with Gasteiger partial charge in [-0.3, -0.25) is 0 Å². The van der Waals surface area contributed by atoms with E-state index in [1.807, 2.05) is 30.3 Å². The topological polar surface area (TPSA) is 35.5 Å². The number of benzene rings is 1. The molecule has 3 heteroatoms. The van der Waals surface area contributed by atoms with E-state index in [2.05, 4.69) is 0 Å². The molecular formula is C12H16O3. The molecule has 1 aromatic rings. The maximum absolute atomic E-state index is 11.7. The van der Waals surface area contributed by atoms with E-state index >= 15 is 0 Å². The highest BCUT2D eigenvalue weighted by molar-refractivity contribution is 5.80. The van der Waals surface area contributed by atoms with Crippen molar-refractivity contribution in [3.05, 3.63) is 35.9 Å². The summed E-state index contributed by atoms with van der Waals surface area (Å²) in [5, 5.41) is 0. The van der Waals surface area contributed by atoms with E-state index in [0.29, 0.717) is 6.61 Å². The Bertz CT molecular complexity index is 321. The van der Waals surface area contributed by atoms with E-state index in [1.165, 1.54) is 7.11 Å². The predicted molar refractivity (Wildman–Crippen MR) is 57.4 cm³/mol. The van der Waals surface area contributed by atoms with Crippen LogP contribution in [0, 0.1) is 0 Å². The smallest absolute Gasteiger partial charge is 0.342 e. The Morgan fingerprint density at radius 2 is 1.93 bits per heavy atom. The molecule has 0 saturated heterocycles. The molecule has 0 unspecified atom stereocenters. The van der Waals surface area contributed by atoms with Crippen molar-refractivity contribution in [3.8, 4) is 0 Å². The van der Waals surface area contributed by atoms with E-state index in [1.54, 1.807) is 13.8 Å². The Morgan fingerprint density at radius 3 is 2.40 bits per heavy atom. The lowest BCUT2D eigenvalue weighted by atomic mass is 9.96. The van der Waals surface area contributed by atoms with Crippen molar-refractivity contribution in [2.75, 3.05) is 13.7 Å². The summed E-state index contributed by atoms with van der Waals surface area (Å²) in [5.41, 5.74) is -0.219. The van der Waals surface area contributed by atoms with Crippen LogP contribution in [0.5, 0.6) is 0 Å². The van der Waals surface area contributed by atoms with Gasteiger partial charge >= 0.3 is 5.97 Å². The van der Waals surface area contributed by atoms with Crippen LogP contribution in [0.1, 0.15) is 19.4 Å². The fourth-order valence-electron chi connectivity index (χ4n) is 1.34. The van der Waals surface area contributed by atoms with Crippen LogP contribution in [-0.2, 0) is 19.9 Å². The number of hydrogen-bond acceptors (Lipinski definition) is 3. The van der Waals surface area contributed by atoms with Crippen LogP contribution < -0.4 is 0 Å². The Hall–Kier alpha value is -1.35. The van der Waals surface area contributed by atoms with Gasteiger partial charge in [-0.15, -0.1) is 0 Å². The number of methoxy groups -OCH3 is 1. The zero-order valence-corrected chi connectivity index (χ0v) is 9.32. The second-order valence-electron chi connectivity index (χ2n) is 3.32. The van der Waals surface area contributed by atoms with Gasteiger partial charge in [0.05, 0.1) is 6.61 Å². The average molecular weight is 208 g/mol. The largest absolute Gasteiger partial charge is 0.464 e. The highest BCUT2D eigenvalue weighted by atomic mass is 16.6. The fraction of sp³-hybridized carbons (Fsp3) is 0.417. The molecule has 0 N–H and O–H groups in total. The normalized spacial score (nSPS) is 14.3. The number of ether oxygens (including phenoxy) is 2. The molecule has 0 aliphatic heterocycles. The molecule has 82 valence electrons. The Labute approximate surface area is 90.0 Å². The SMILES string of the molecule is CCOC(=O)[C@@](C)(OC)c1ccccc1. The molecule has 0 aromatic heterocycles. The lowest BCUT2D eigenvalue weighted by molar-refractivity contribution is -0.168. The number of carbonyl (C=O) groups is 1. The summed E-state index contributed by atoms with van der Waals surface area (Å²) >= 11 is 0. The van der Waals surface area contributed by atoms with Crippen LogP contribution in [-0.4, -0.2) is 19.7 Å². The molecular weight excluding hydrogens is 192 g/mol. The van der Waals surface area contributed by atoms with Crippen LogP contribution in [0.15, 0.2) is 30.3 Å². The van der Waals surface area contributed by atoms with Gasteiger partial charge in [-0.25, -0.2) is 4.79 Å². The highest BCUT2D eigenvalue weighted by Crippen LogP contribution is 2.25. The van der Waals surface area contributed by atoms with Gasteiger partial charge in [-0.2, -0.15) is 0 Å². The molecule has 15 heavy (non-hydrogen) atoms. The van der Waals surface area contributed by atoms with Crippen molar-refractivity contribution >= 4 is 5.97 Å². The van der Waals surface area contributed by atoms with Crippen LogP contribution in [0.2, 0.25) is 0 Å². The third kappa shape index (κ3) is 2.36. The van der Waals surface area contributed by atoms with Gasteiger partial charge < -0.3 is 9.47 Å². The molecule has 0 saturated carbocycles. The molecule has 0 radical (unpaired) electrons. The molecule has 3 nitrogen and oxygen atoms in total. The maximum Gasteiger partial charge on any atom is 0.342 e. The summed E-state index contributed by atoms with van der Waals surface area (Å²) in [4.78, 5) is 11.7. The lowest BCUT2D eigenvalue weighted by Gasteiger charge is -2.25. The first-order valence-corrected chi connectivity index (χ1v) is 4.93. The van der Waals surface area contributed by atoms with E-state index in [4.69, 9.17) is 9.47 Å². The number of esters is 1. The first kappa shape index (κ1) is 11.7. The summed E-state index contributed by atoms with van der Waals surface area (Å²) in [6.45, 7) is 3.84. The summed E-state index contributed by atoms with van der Waals surface area (Å²) in [7, 11) is 1.50. The molecule has 1 aromatic carbocycles. The van der Waals surface area contributed by atoms with E-state index in [9.17, 15) is 4.79 Å². The minimum Gasteiger partial charge on any atom is -0.464 e. The predicted octanol–water partition coefficient (Wildman–Crippen LogP) is 2.11. The van der Waals surface area contributed by atoms with Crippen molar-refractivity contribution in [2.24, 2.45) is 0 Å². The molecule has 0 fully saturated rings. The number of carbonyl (C=O) groups excluding carboxylic acids is 1. The Balaban J connectivity index is 3.00. The molecule has 0 amide bonds. The summed E-state index contributed by atoms with van der Waals surface area (Å²) in [6, 6.07) is 9.32. The van der Waals surface area contributed by atoms with E-state index in [-0.39, 0.29) is 5.97 Å². The minimum absolute atomic E-state index is 0.352. The zero-order chi connectivity index (χ0) is 11.3. The molecule has 0 aliphatic rings. The van der Waals surface area contributed by atoms with Crippen molar-refractivity contribution < 1.29 is 14.3 Å². The van der Waals surface area contributed by atoms with Crippen LogP contribution >= 0.6 is 0 Å². The standard InChI is InChI=1S/C12H16O3/c1-4-15-11(13)12(2,14-3)10-8-6-5-7-9-10/h5-9H,4H2,1-3H3/t12-/m0/s1. The molecule has 1 rings (SSSR count). The minimum atomic E-state index is -1.02.